The summed E-state index contributed by atoms with van der Waals surface area (Å²) in [6.07, 6.45) is 0. The number of aromatic carboxylic acids is 2. The van der Waals surface area contributed by atoms with Gasteiger partial charge in [0.2, 0.25) is 0 Å². The maximum atomic E-state index is 10.3. The van der Waals surface area contributed by atoms with Crippen molar-refractivity contribution in [2.24, 2.45) is 0 Å². The van der Waals surface area contributed by atoms with E-state index < -0.39 is 11.9 Å². The van der Waals surface area contributed by atoms with Crippen molar-refractivity contribution in [1.82, 2.24) is 40.8 Å². The second-order valence-electron chi connectivity index (χ2n) is 10.8. The molecule has 50 heavy (non-hydrogen) atoms. The molecule has 0 amide bonds. The van der Waals surface area contributed by atoms with Gasteiger partial charge in [-0.05, 0) is 78.6 Å². The number of hydrogen-bond acceptors (Lipinski definition) is 8. The first-order valence-corrected chi connectivity index (χ1v) is 15.0. The Kier molecular flexibility index (Phi) is 24.2. The van der Waals surface area contributed by atoms with Gasteiger partial charge in [-0.25, -0.2) is 0 Å². The standard InChI is InChI=1S/2C8H8O2.2C5H8N2.2C5H7N2.2Zn/c2*1-6-4-2-3-5-7(6)8(9)10;4*1-4-3-5(2)7-6-4;;/h2*2-5H,1H3,(H,9,10);2*3H,1-2H3,(H,6,7);2*3H,1-2H3;;/q;;;;2*-1;2*+2/p-2. The fourth-order valence-electron chi connectivity index (χ4n) is 3.75. The number of aryl methyl sites for hydroxylation is 10. The van der Waals surface area contributed by atoms with Crippen LogP contribution >= 0.6 is 0 Å². The van der Waals surface area contributed by atoms with Crippen LogP contribution in [0.4, 0.5) is 0 Å². The molecule has 2 N–H and O–H groups in total. The number of nitrogens with one attached hydrogen (secondary N) is 2. The molecule has 0 aliphatic rings. The predicted octanol–water partition coefficient (Wildman–Crippen LogP) is 4.08. The first-order chi connectivity index (χ1) is 22.6. The minimum Gasteiger partial charge on any atom is -0.579 e. The molecule has 0 fully saturated rings. The average Bonchev–Trinajstić information content (AvgIpc) is 3.81. The van der Waals surface area contributed by atoms with Crippen molar-refractivity contribution in [2.45, 2.75) is 69.2 Å². The van der Waals surface area contributed by atoms with Crippen LogP contribution in [0.3, 0.4) is 0 Å². The Hall–Kier alpha value is -4.53. The van der Waals surface area contributed by atoms with Crippen LogP contribution in [0.2, 0.25) is 0 Å². The molecular weight excluding hydrogens is 739 g/mol. The summed E-state index contributed by atoms with van der Waals surface area (Å²) in [4.78, 5) is 20.6. The molecule has 0 unspecified atom stereocenters. The van der Waals surface area contributed by atoms with E-state index in [4.69, 9.17) is 0 Å². The van der Waals surface area contributed by atoms with Gasteiger partial charge < -0.3 is 40.2 Å². The summed E-state index contributed by atoms with van der Waals surface area (Å²) in [5.41, 5.74) is 10.4. The number of rotatable bonds is 2. The molecule has 0 aliphatic heterocycles. The molecule has 256 valence electrons. The van der Waals surface area contributed by atoms with E-state index >= 15 is 0 Å². The largest absolute Gasteiger partial charge is 2.00 e. The minimum absolute atomic E-state index is 0. The van der Waals surface area contributed by atoms with E-state index in [0.717, 1.165) is 56.7 Å². The fourth-order valence-corrected chi connectivity index (χ4v) is 3.75. The molecule has 0 radical (unpaired) electrons. The van der Waals surface area contributed by atoms with Crippen molar-refractivity contribution >= 4 is 11.9 Å². The summed E-state index contributed by atoms with van der Waals surface area (Å²) < 4.78 is 0. The van der Waals surface area contributed by atoms with Crippen LogP contribution in [-0.4, -0.2) is 42.5 Å². The number of nitrogens with zero attached hydrogens (tertiary/aromatic N) is 6. The quantitative estimate of drug-likeness (QED) is 0.242. The van der Waals surface area contributed by atoms with Crippen LogP contribution in [0, 0.1) is 69.2 Å². The summed E-state index contributed by atoms with van der Waals surface area (Å²) in [7, 11) is 0. The van der Waals surface area contributed by atoms with Crippen molar-refractivity contribution < 1.29 is 58.8 Å². The van der Waals surface area contributed by atoms with Crippen LogP contribution in [0.1, 0.15) is 77.4 Å². The van der Waals surface area contributed by atoms with Gasteiger partial charge in [0.15, 0.2) is 0 Å². The molecule has 0 bridgehead atoms. The number of hydrogen-bond donors (Lipinski definition) is 2. The molecule has 0 atom stereocenters. The monoisotopic (exact) mass is 780 g/mol. The fraction of sp³-hybridized carbons (Fsp3) is 0.278. The zero-order valence-corrected chi connectivity index (χ0v) is 36.6. The second-order valence-corrected chi connectivity index (χ2v) is 10.8. The van der Waals surface area contributed by atoms with Crippen LogP contribution < -0.4 is 20.4 Å². The second kappa shape index (κ2) is 25.4. The first kappa shape index (κ1) is 47.6. The zero-order valence-electron chi connectivity index (χ0n) is 30.7. The molecule has 4 heterocycles. The molecule has 14 heteroatoms. The van der Waals surface area contributed by atoms with Gasteiger partial charge in [-0.2, -0.15) is 10.2 Å². The molecular formula is C36H44N8O4Zn2. The van der Waals surface area contributed by atoms with E-state index in [0.29, 0.717) is 0 Å². The zero-order chi connectivity index (χ0) is 36.2. The number of carbonyl (C=O) groups is 2. The Labute approximate surface area is 319 Å². The van der Waals surface area contributed by atoms with E-state index in [2.05, 4.69) is 40.8 Å². The molecule has 0 spiro atoms. The number of carboxylic acid groups (broad SMARTS) is 2. The topological polar surface area (TPSA) is 192 Å². The van der Waals surface area contributed by atoms with Crippen LogP contribution in [0.25, 0.3) is 0 Å². The maximum Gasteiger partial charge on any atom is 2.00 e. The normalized spacial score (nSPS) is 9.00. The first-order valence-electron chi connectivity index (χ1n) is 15.0. The third kappa shape index (κ3) is 20.7. The summed E-state index contributed by atoms with van der Waals surface area (Å²) in [5, 5.41) is 49.1. The average molecular weight is 784 g/mol. The van der Waals surface area contributed by atoms with E-state index in [9.17, 15) is 19.8 Å². The van der Waals surface area contributed by atoms with E-state index in [1.807, 2.05) is 79.7 Å². The van der Waals surface area contributed by atoms with Crippen molar-refractivity contribution in [3.05, 3.63) is 141 Å². The Balaban J connectivity index is 0. The number of aromatic amines is 2. The van der Waals surface area contributed by atoms with Crippen molar-refractivity contribution in [3.8, 4) is 0 Å². The number of aromatic nitrogens is 8. The van der Waals surface area contributed by atoms with Crippen molar-refractivity contribution in [1.29, 1.82) is 0 Å². The summed E-state index contributed by atoms with van der Waals surface area (Å²) in [6, 6.07) is 21.4. The van der Waals surface area contributed by atoms with Gasteiger partial charge in [0.05, 0.1) is 23.3 Å². The summed E-state index contributed by atoms with van der Waals surface area (Å²) in [6.45, 7) is 19.1. The Bertz CT molecular complexity index is 1550. The maximum absolute atomic E-state index is 10.3. The molecule has 12 nitrogen and oxygen atoms in total. The SMILES string of the molecule is Cc1cc(C)[n-]n1.Cc1cc(C)[n-]n1.Cc1cc(C)[nH]n1.Cc1cc(C)[nH]n1.Cc1ccccc1C(=O)[O-].Cc1ccccc1C(=O)[O-].[Zn+2].[Zn+2]. The van der Waals surface area contributed by atoms with Gasteiger partial charge in [0, 0.05) is 33.9 Å². The van der Waals surface area contributed by atoms with Gasteiger partial charge in [-0.1, -0.05) is 74.5 Å². The van der Waals surface area contributed by atoms with Crippen molar-refractivity contribution in [2.75, 3.05) is 0 Å². The van der Waals surface area contributed by atoms with Gasteiger partial charge in [0.1, 0.15) is 0 Å². The Morgan fingerprint density at radius 1 is 0.520 bits per heavy atom. The molecule has 0 aliphatic carbocycles. The number of carboxylic acids is 2. The van der Waals surface area contributed by atoms with Crippen LogP contribution in [0.15, 0.2) is 72.8 Å². The summed E-state index contributed by atoms with van der Waals surface area (Å²) >= 11 is 0. The van der Waals surface area contributed by atoms with E-state index in [-0.39, 0.29) is 50.1 Å². The third-order valence-corrected chi connectivity index (χ3v) is 5.96. The molecule has 0 saturated carbocycles. The molecule has 4 aromatic heterocycles. The van der Waals surface area contributed by atoms with Gasteiger partial charge in [0.25, 0.3) is 0 Å². The summed E-state index contributed by atoms with van der Waals surface area (Å²) in [5.74, 6) is -2.23. The van der Waals surface area contributed by atoms with Gasteiger partial charge in [-0.15, -0.1) is 11.4 Å². The third-order valence-electron chi connectivity index (χ3n) is 5.96. The number of benzene rings is 2. The van der Waals surface area contributed by atoms with E-state index in [1.54, 1.807) is 50.2 Å². The van der Waals surface area contributed by atoms with E-state index in [1.165, 1.54) is 12.1 Å². The van der Waals surface area contributed by atoms with Gasteiger partial charge >= 0.3 is 39.0 Å². The number of H-pyrrole nitrogens is 2. The minimum atomic E-state index is -1.11. The molecule has 0 saturated heterocycles. The molecule has 2 aromatic carbocycles. The predicted molar refractivity (Wildman–Crippen MR) is 181 cm³/mol. The van der Waals surface area contributed by atoms with Crippen LogP contribution in [0.5, 0.6) is 0 Å². The van der Waals surface area contributed by atoms with Crippen molar-refractivity contribution in [3.63, 3.8) is 0 Å². The molecule has 6 rings (SSSR count). The number of carbonyl (C=O) groups excluding carboxylic acids is 2. The molecule has 6 aromatic rings. The smallest absolute Gasteiger partial charge is 0.579 e. The Morgan fingerprint density at radius 3 is 0.960 bits per heavy atom. The van der Waals surface area contributed by atoms with Crippen LogP contribution in [-0.2, 0) is 39.0 Å². The van der Waals surface area contributed by atoms with Gasteiger partial charge in [-0.3, -0.25) is 10.2 Å². The Morgan fingerprint density at radius 2 is 0.840 bits per heavy atom.